The summed E-state index contributed by atoms with van der Waals surface area (Å²) in [6, 6.07) is 5.10. The monoisotopic (exact) mass is 391 g/mol. The molecule has 0 spiro atoms. The van der Waals surface area contributed by atoms with E-state index in [2.05, 4.69) is 52.6 Å². The molecule has 0 radical (unpaired) electrons. The van der Waals surface area contributed by atoms with Gasteiger partial charge in [0.15, 0.2) is 0 Å². The van der Waals surface area contributed by atoms with E-state index in [9.17, 15) is 0 Å². The first-order valence-electron chi connectivity index (χ1n) is 11.0. The Morgan fingerprint density at radius 1 is 1.28 bits per heavy atom. The van der Waals surface area contributed by atoms with Gasteiger partial charge in [-0.2, -0.15) is 0 Å². The number of hydrogen-bond donors (Lipinski definition) is 3. The van der Waals surface area contributed by atoms with E-state index >= 15 is 0 Å². The van der Waals surface area contributed by atoms with Gasteiger partial charge in [0.25, 0.3) is 0 Å². The van der Waals surface area contributed by atoms with Crippen LogP contribution in [0.5, 0.6) is 0 Å². The normalized spacial score (nSPS) is 23.3. The van der Waals surface area contributed by atoms with Crippen LogP contribution in [0.1, 0.15) is 62.2 Å². The van der Waals surface area contributed by atoms with Crippen LogP contribution in [0.25, 0.3) is 0 Å². The quantitative estimate of drug-likeness (QED) is 0.635. The van der Waals surface area contributed by atoms with Crippen molar-refractivity contribution in [2.24, 2.45) is 11.7 Å². The Bertz CT molecular complexity index is 839. The molecule has 0 saturated carbocycles. The van der Waals surface area contributed by atoms with Crippen LogP contribution >= 0.6 is 0 Å². The van der Waals surface area contributed by atoms with Gasteiger partial charge in [0, 0.05) is 43.1 Å². The standard InChI is InChI=1S/C24H33N5/c1-17-7-9-18(10-8-17)21(25)12-11-20(16-23-26-14-15-27-23)29-22-6-2-4-19-5-3-13-28-24(19)22/h3,5,7-9,13-15,18,20-22,29H,2,4,6,10-12,16,25H2,1H3,(H,26,27). The Morgan fingerprint density at radius 3 is 3.00 bits per heavy atom. The van der Waals surface area contributed by atoms with Crippen LogP contribution in [0, 0.1) is 5.92 Å². The molecule has 4 atom stereocenters. The number of nitrogens with two attached hydrogens (primary N) is 1. The van der Waals surface area contributed by atoms with E-state index in [1.165, 1.54) is 23.3 Å². The van der Waals surface area contributed by atoms with Crippen molar-refractivity contribution in [3.05, 3.63) is 71.6 Å². The number of imidazole rings is 1. The SMILES string of the molecule is CC1=CCC(C(N)CCC(Cc2ncc[nH]2)NC2CCCc3cccnc32)C=C1. The highest BCUT2D eigenvalue weighted by molar-refractivity contribution is 5.25. The molecule has 4 rings (SSSR count). The maximum absolute atomic E-state index is 6.58. The minimum Gasteiger partial charge on any atom is -0.349 e. The Hall–Kier alpha value is -2.24. The molecule has 154 valence electrons. The summed E-state index contributed by atoms with van der Waals surface area (Å²) in [6.07, 6.45) is 19.9. The molecule has 2 aromatic rings. The molecule has 5 nitrogen and oxygen atoms in total. The number of fused-ring (bicyclic) bond motifs is 1. The number of nitrogens with zero attached hydrogens (tertiary/aromatic N) is 2. The van der Waals surface area contributed by atoms with Gasteiger partial charge in [-0.3, -0.25) is 4.98 Å². The van der Waals surface area contributed by atoms with Crippen molar-refractivity contribution in [2.45, 2.75) is 70.0 Å². The van der Waals surface area contributed by atoms with Gasteiger partial charge in [-0.1, -0.05) is 29.9 Å². The van der Waals surface area contributed by atoms with E-state index in [1.807, 2.05) is 18.6 Å². The highest BCUT2D eigenvalue weighted by Gasteiger charge is 2.25. The van der Waals surface area contributed by atoms with Gasteiger partial charge in [-0.25, -0.2) is 4.98 Å². The van der Waals surface area contributed by atoms with Crippen LogP contribution in [0.3, 0.4) is 0 Å². The fraction of sp³-hybridized carbons (Fsp3) is 0.500. The number of aryl methyl sites for hydroxylation is 1. The van der Waals surface area contributed by atoms with Gasteiger partial charge in [-0.05, 0) is 63.0 Å². The minimum absolute atomic E-state index is 0.188. The molecule has 0 aromatic carbocycles. The molecule has 2 aromatic heterocycles. The lowest BCUT2D eigenvalue weighted by Crippen LogP contribution is -2.39. The number of pyridine rings is 1. The summed E-state index contributed by atoms with van der Waals surface area (Å²) in [5.41, 5.74) is 10.5. The van der Waals surface area contributed by atoms with E-state index in [4.69, 9.17) is 10.7 Å². The molecule has 2 heterocycles. The third-order valence-electron chi connectivity index (χ3n) is 6.34. The van der Waals surface area contributed by atoms with Gasteiger partial charge < -0.3 is 16.0 Å². The first-order valence-corrected chi connectivity index (χ1v) is 11.0. The lowest BCUT2D eigenvalue weighted by Gasteiger charge is -2.31. The van der Waals surface area contributed by atoms with Crippen LogP contribution in [0.15, 0.2) is 54.5 Å². The molecule has 29 heavy (non-hydrogen) atoms. The van der Waals surface area contributed by atoms with Crippen molar-refractivity contribution < 1.29 is 0 Å². The second kappa shape index (κ2) is 9.51. The van der Waals surface area contributed by atoms with Crippen LogP contribution in [0.2, 0.25) is 0 Å². The number of aromatic nitrogens is 3. The van der Waals surface area contributed by atoms with Crippen molar-refractivity contribution in [2.75, 3.05) is 0 Å². The highest BCUT2D eigenvalue weighted by Crippen LogP contribution is 2.29. The second-order valence-electron chi connectivity index (χ2n) is 8.54. The van der Waals surface area contributed by atoms with Gasteiger partial charge in [0.05, 0.1) is 5.69 Å². The average molecular weight is 392 g/mol. The topological polar surface area (TPSA) is 79.6 Å². The molecule has 4 unspecified atom stereocenters. The van der Waals surface area contributed by atoms with Crippen molar-refractivity contribution in [3.8, 4) is 0 Å². The van der Waals surface area contributed by atoms with E-state index in [-0.39, 0.29) is 6.04 Å². The van der Waals surface area contributed by atoms with Crippen LogP contribution in [-0.4, -0.2) is 27.0 Å². The molecule has 4 N–H and O–H groups in total. The Morgan fingerprint density at radius 2 is 2.21 bits per heavy atom. The summed E-state index contributed by atoms with van der Waals surface area (Å²) < 4.78 is 0. The smallest absolute Gasteiger partial charge is 0.107 e. The van der Waals surface area contributed by atoms with Crippen LogP contribution < -0.4 is 11.1 Å². The van der Waals surface area contributed by atoms with E-state index in [1.54, 1.807) is 0 Å². The molecule has 2 aliphatic carbocycles. The zero-order valence-electron chi connectivity index (χ0n) is 17.3. The maximum Gasteiger partial charge on any atom is 0.107 e. The van der Waals surface area contributed by atoms with Gasteiger partial charge in [0.2, 0.25) is 0 Å². The first kappa shape index (κ1) is 20.0. The predicted molar refractivity (Wildman–Crippen MR) is 117 cm³/mol. The van der Waals surface area contributed by atoms with Crippen molar-refractivity contribution >= 4 is 0 Å². The van der Waals surface area contributed by atoms with Crippen molar-refractivity contribution in [1.82, 2.24) is 20.3 Å². The Kier molecular flexibility index (Phi) is 6.57. The largest absolute Gasteiger partial charge is 0.349 e. The molecule has 0 aliphatic heterocycles. The maximum atomic E-state index is 6.58. The third-order valence-corrected chi connectivity index (χ3v) is 6.34. The summed E-state index contributed by atoms with van der Waals surface area (Å²) >= 11 is 0. The molecule has 0 saturated heterocycles. The van der Waals surface area contributed by atoms with Gasteiger partial charge in [-0.15, -0.1) is 0 Å². The first-order chi connectivity index (χ1) is 14.2. The Labute approximate surface area is 173 Å². The fourth-order valence-corrected chi connectivity index (χ4v) is 4.61. The minimum atomic E-state index is 0.188. The number of nitrogens with one attached hydrogen (secondary N) is 2. The number of hydrogen-bond acceptors (Lipinski definition) is 4. The fourth-order valence-electron chi connectivity index (χ4n) is 4.61. The molecule has 0 fully saturated rings. The van der Waals surface area contributed by atoms with Crippen molar-refractivity contribution in [3.63, 3.8) is 0 Å². The number of rotatable bonds is 8. The van der Waals surface area contributed by atoms with Crippen molar-refractivity contribution in [1.29, 1.82) is 0 Å². The predicted octanol–water partition coefficient (Wildman–Crippen LogP) is 4.01. The van der Waals surface area contributed by atoms with Crippen LogP contribution in [0.4, 0.5) is 0 Å². The molecule has 0 amide bonds. The highest BCUT2D eigenvalue weighted by atomic mass is 15.0. The summed E-state index contributed by atoms with van der Waals surface area (Å²) in [4.78, 5) is 12.4. The van der Waals surface area contributed by atoms with Crippen LogP contribution in [-0.2, 0) is 12.8 Å². The van der Waals surface area contributed by atoms with Gasteiger partial charge >= 0.3 is 0 Å². The summed E-state index contributed by atoms with van der Waals surface area (Å²) in [5.74, 6) is 1.48. The Balaban J connectivity index is 1.41. The zero-order chi connectivity index (χ0) is 20.1. The molecular weight excluding hydrogens is 358 g/mol. The average Bonchev–Trinajstić information content (AvgIpc) is 3.25. The molecule has 5 heteroatoms. The molecule has 0 bridgehead atoms. The van der Waals surface area contributed by atoms with E-state index in [0.717, 1.165) is 44.3 Å². The summed E-state index contributed by atoms with van der Waals surface area (Å²) in [6.45, 7) is 2.15. The third kappa shape index (κ3) is 5.22. The summed E-state index contributed by atoms with van der Waals surface area (Å²) in [7, 11) is 0. The summed E-state index contributed by atoms with van der Waals surface area (Å²) in [5, 5.41) is 3.91. The molecule has 2 aliphatic rings. The number of aromatic amines is 1. The number of H-pyrrole nitrogens is 1. The number of allylic oxidation sites excluding steroid dienone is 3. The second-order valence-corrected chi connectivity index (χ2v) is 8.54. The lowest BCUT2D eigenvalue weighted by molar-refractivity contribution is 0.343. The van der Waals surface area contributed by atoms with Gasteiger partial charge in [0.1, 0.15) is 5.82 Å². The van der Waals surface area contributed by atoms with E-state index < -0.39 is 0 Å². The molecular formula is C24H33N5. The zero-order valence-corrected chi connectivity index (χ0v) is 17.3. The van der Waals surface area contributed by atoms with E-state index in [0.29, 0.717) is 18.0 Å². The lowest BCUT2D eigenvalue weighted by atomic mass is 9.87.